The molecule has 1 aromatic heterocycles. The third kappa shape index (κ3) is 3.95. The summed E-state index contributed by atoms with van der Waals surface area (Å²) in [6.07, 6.45) is 20.4. The molecule has 1 saturated heterocycles. The van der Waals surface area contributed by atoms with E-state index in [1.54, 1.807) is 9.36 Å². The summed E-state index contributed by atoms with van der Waals surface area (Å²) < 4.78 is 4.66. The molecule has 0 N–H and O–H groups in total. The Hall–Kier alpha value is -1.98. The van der Waals surface area contributed by atoms with E-state index in [-0.39, 0.29) is 34.5 Å². The second kappa shape index (κ2) is 9.94. The molecule has 0 spiro atoms. The maximum atomic E-state index is 13.5. The summed E-state index contributed by atoms with van der Waals surface area (Å²) >= 11 is 0. The fraction of sp³-hybridized carbons (Fsp3) is 0.259. The number of nitrogens with zero attached hydrogens (tertiary/aromatic N) is 4. The molecule has 34 heavy (non-hydrogen) atoms. The molecule has 0 unspecified atom stereocenters. The summed E-state index contributed by atoms with van der Waals surface area (Å²) in [5, 5.41) is 0. The van der Waals surface area contributed by atoms with E-state index in [1.807, 2.05) is 75.3 Å². The molecule has 2 bridgehead atoms. The van der Waals surface area contributed by atoms with Crippen molar-refractivity contribution in [2.75, 3.05) is 13.1 Å². The molecule has 5 heterocycles. The molecule has 0 amide bonds. The minimum atomic E-state index is -0.267. The Bertz CT molecular complexity index is 1140. The number of benzene rings is 1. The Morgan fingerprint density at radius 2 is 1.38 bits per heavy atom. The Labute approximate surface area is 212 Å². The predicted molar refractivity (Wildman–Crippen MR) is 127 cm³/mol. The van der Waals surface area contributed by atoms with Gasteiger partial charge < -0.3 is 4.90 Å². The number of hydrogen-bond acceptors (Lipinski definition) is 3. The van der Waals surface area contributed by atoms with Gasteiger partial charge in [0.2, 0.25) is 0 Å². The average Bonchev–Trinajstić information content (AvgIpc) is 3.64. The second-order valence-electron chi connectivity index (χ2n) is 8.89. The van der Waals surface area contributed by atoms with Crippen LogP contribution in [0.2, 0.25) is 0 Å². The molecule has 3 fully saturated rings. The van der Waals surface area contributed by atoms with Crippen LogP contribution in [-0.4, -0.2) is 31.9 Å². The normalized spacial score (nSPS) is 23.9. The van der Waals surface area contributed by atoms with Crippen molar-refractivity contribution >= 4 is 0 Å². The van der Waals surface area contributed by atoms with E-state index in [0.29, 0.717) is 18.2 Å². The van der Waals surface area contributed by atoms with Crippen LogP contribution < -0.4 is 11.4 Å². The molecule has 1 atom stereocenters. The third-order valence-corrected chi connectivity index (χ3v) is 7.11. The van der Waals surface area contributed by atoms with Gasteiger partial charge in [-0.05, 0) is 94.3 Å². The van der Waals surface area contributed by atoms with Crippen molar-refractivity contribution in [2.24, 2.45) is 5.92 Å². The minimum Gasteiger partial charge on any atom is -0.373 e. The van der Waals surface area contributed by atoms with Gasteiger partial charge in [-0.25, -0.2) is 23.5 Å². The maximum absolute atomic E-state index is 13.5. The maximum Gasteiger partial charge on any atom is 2.00 e. The molecular weight excluding hydrogens is 468 g/mol. The number of rotatable bonds is 2. The van der Waals surface area contributed by atoms with E-state index in [2.05, 4.69) is 17.7 Å². The van der Waals surface area contributed by atoms with Crippen molar-refractivity contribution in [2.45, 2.75) is 25.4 Å². The summed E-state index contributed by atoms with van der Waals surface area (Å²) in [6, 6.07) is 8.99. The fourth-order valence-electron chi connectivity index (χ4n) is 5.59. The largest absolute Gasteiger partial charge is 2.00 e. The Morgan fingerprint density at radius 1 is 0.765 bits per heavy atom. The van der Waals surface area contributed by atoms with Gasteiger partial charge in [0.05, 0.1) is 12.2 Å². The number of para-hydroxylation sites is 1. The van der Waals surface area contributed by atoms with E-state index in [4.69, 9.17) is 0 Å². The van der Waals surface area contributed by atoms with Crippen LogP contribution >= 0.6 is 0 Å². The quantitative estimate of drug-likeness (QED) is 0.604. The second-order valence-corrected chi connectivity index (χ2v) is 8.89. The molecular formula is C27H26FeN4O2+2. The van der Waals surface area contributed by atoms with Gasteiger partial charge in [-0.2, -0.15) is 0 Å². The van der Waals surface area contributed by atoms with Crippen LogP contribution in [0.25, 0.3) is 5.69 Å². The van der Waals surface area contributed by atoms with Gasteiger partial charge in [0.1, 0.15) is 6.04 Å². The van der Waals surface area contributed by atoms with Gasteiger partial charge in [-0.3, -0.25) is 0 Å². The predicted octanol–water partition coefficient (Wildman–Crippen LogP) is 2.76. The van der Waals surface area contributed by atoms with Crippen LogP contribution in [0.15, 0.2) is 51.2 Å². The summed E-state index contributed by atoms with van der Waals surface area (Å²) in [5.74, 6) is 1.59. The molecule has 8 rings (SSSR count). The molecule has 2 aromatic rings. The van der Waals surface area contributed by atoms with Gasteiger partial charge in [0.25, 0.3) is 0 Å². The molecule has 10 radical (unpaired) electrons. The van der Waals surface area contributed by atoms with E-state index < -0.39 is 0 Å². The first kappa shape index (κ1) is 23.7. The van der Waals surface area contributed by atoms with Crippen LogP contribution in [0.1, 0.15) is 18.9 Å². The number of aromatic nitrogens is 3. The topological polar surface area (TPSA) is 52.2 Å². The Morgan fingerprint density at radius 3 is 2.00 bits per heavy atom. The van der Waals surface area contributed by atoms with Gasteiger partial charge in [0, 0.05) is 24.7 Å². The molecule has 2 saturated carbocycles. The van der Waals surface area contributed by atoms with Crippen LogP contribution in [0.4, 0.5) is 0 Å². The monoisotopic (exact) mass is 494 g/mol. The molecule has 7 heteroatoms. The number of hydrogen-bond donors (Lipinski definition) is 0. The van der Waals surface area contributed by atoms with Crippen molar-refractivity contribution < 1.29 is 17.1 Å². The summed E-state index contributed by atoms with van der Waals surface area (Å²) in [5.41, 5.74) is 2.69. The number of fused-ring (bicyclic) bond motifs is 3. The average molecular weight is 494 g/mol. The number of piperidine rings is 1. The van der Waals surface area contributed by atoms with Crippen LogP contribution in [0, 0.1) is 69.6 Å². The van der Waals surface area contributed by atoms with Gasteiger partial charge in [0.15, 0.2) is 0 Å². The van der Waals surface area contributed by atoms with E-state index in [9.17, 15) is 9.59 Å². The molecule has 4 aliphatic heterocycles. The molecule has 6 nitrogen and oxygen atoms in total. The van der Waals surface area contributed by atoms with E-state index in [1.165, 1.54) is 15.8 Å². The van der Waals surface area contributed by atoms with Crippen molar-refractivity contribution in [3.8, 4) is 5.69 Å². The zero-order valence-electron chi connectivity index (χ0n) is 18.7. The SMILES string of the molecule is O=c1n(-c2ccccc2)c(=O)n2n1CC1=C([C@H]2[C]2[CH][CH][CH][CH]2)N2CCC1CC2.[CH]1[CH][CH][CH][CH]1.[Fe+2]. The van der Waals surface area contributed by atoms with Crippen LogP contribution in [0.5, 0.6) is 0 Å². The van der Waals surface area contributed by atoms with Crippen molar-refractivity contribution in [1.82, 2.24) is 18.8 Å². The Balaban J connectivity index is 0.000000359. The number of allylic oxidation sites excluding steroid dienone is 2. The molecule has 172 valence electrons. The first-order chi connectivity index (χ1) is 16.2. The first-order valence-corrected chi connectivity index (χ1v) is 11.6. The van der Waals surface area contributed by atoms with E-state index in [0.717, 1.165) is 31.8 Å². The third-order valence-electron chi connectivity index (χ3n) is 7.11. The summed E-state index contributed by atoms with van der Waals surface area (Å²) in [6.45, 7) is 2.60. The van der Waals surface area contributed by atoms with Crippen LogP contribution in [-0.2, 0) is 23.6 Å². The summed E-state index contributed by atoms with van der Waals surface area (Å²) in [4.78, 5) is 29.2. The standard InChI is InChI=1S/C22H21N4O2.C5H5.Fe/c27-21-24-14-18-15-10-12-23(13-11-15)20(18)19(16-6-4-5-7-16)26(24)22(28)25(21)17-8-2-1-3-9-17;1-2-4-5-3-1;/h1-9,15,19H,10-14H2;1-5H;/q;;+2/t19-;;/m1../s1. The van der Waals surface area contributed by atoms with Gasteiger partial charge in [-0.15, -0.1) is 0 Å². The zero-order valence-corrected chi connectivity index (χ0v) is 19.8. The van der Waals surface area contributed by atoms with Gasteiger partial charge >= 0.3 is 28.4 Å². The molecule has 1 aromatic carbocycles. The van der Waals surface area contributed by atoms with Crippen molar-refractivity contribution in [1.29, 1.82) is 0 Å². The zero-order chi connectivity index (χ0) is 22.4. The minimum absolute atomic E-state index is 0. The first-order valence-electron chi connectivity index (χ1n) is 11.6. The fourth-order valence-corrected chi connectivity index (χ4v) is 5.59. The Kier molecular flexibility index (Phi) is 6.95. The molecule has 2 aliphatic carbocycles. The van der Waals surface area contributed by atoms with Crippen LogP contribution in [0.3, 0.4) is 0 Å². The van der Waals surface area contributed by atoms with Gasteiger partial charge in [-0.1, -0.05) is 18.2 Å². The smallest absolute Gasteiger partial charge is 0.373 e. The van der Waals surface area contributed by atoms with E-state index >= 15 is 0 Å². The van der Waals surface area contributed by atoms with Crippen molar-refractivity contribution in [3.05, 3.63) is 126 Å². The van der Waals surface area contributed by atoms with Crippen molar-refractivity contribution in [3.63, 3.8) is 0 Å². The summed E-state index contributed by atoms with van der Waals surface area (Å²) in [7, 11) is 0. The molecule has 6 aliphatic rings.